The van der Waals surface area contributed by atoms with Crippen molar-refractivity contribution in [3.63, 3.8) is 0 Å². The average molecular weight is 444 g/mol. The molecule has 3 heterocycles. The van der Waals surface area contributed by atoms with Gasteiger partial charge in [-0.1, -0.05) is 18.5 Å². The number of anilines is 4. The van der Waals surface area contributed by atoms with E-state index in [9.17, 15) is 0 Å². The smallest absolute Gasteiger partial charge is 0.237 e. The highest BCUT2D eigenvalue weighted by molar-refractivity contribution is 6.32. The lowest BCUT2D eigenvalue weighted by Crippen LogP contribution is -2.32. The molecule has 0 atom stereocenters. The summed E-state index contributed by atoms with van der Waals surface area (Å²) in [6.45, 7) is 9.22. The van der Waals surface area contributed by atoms with Gasteiger partial charge in [0.2, 0.25) is 5.95 Å². The Balaban J connectivity index is 1.75. The van der Waals surface area contributed by atoms with Gasteiger partial charge in [-0.2, -0.15) is 10.1 Å². The molecule has 4 rings (SSSR count). The van der Waals surface area contributed by atoms with Gasteiger partial charge in [0.1, 0.15) is 16.7 Å². The molecule has 0 unspecified atom stereocenters. The Morgan fingerprint density at radius 2 is 2.00 bits per heavy atom. The van der Waals surface area contributed by atoms with E-state index in [0.29, 0.717) is 17.4 Å². The van der Waals surface area contributed by atoms with Gasteiger partial charge in [0.05, 0.1) is 11.9 Å². The third-order valence-electron chi connectivity index (χ3n) is 5.93. The number of rotatable bonds is 5. The second-order valence-corrected chi connectivity index (χ2v) is 8.42. The number of nitrogen functional groups attached to an aromatic ring is 1. The molecule has 1 saturated heterocycles. The number of benzene rings is 1. The van der Waals surface area contributed by atoms with Crippen molar-refractivity contribution >= 4 is 34.9 Å². The van der Waals surface area contributed by atoms with E-state index in [1.807, 2.05) is 19.9 Å². The quantitative estimate of drug-likeness (QED) is 0.585. The number of aryl methyl sites for hydroxylation is 2. The lowest BCUT2D eigenvalue weighted by molar-refractivity contribution is 0.222. The summed E-state index contributed by atoms with van der Waals surface area (Å²) in [6, 6.07) is 5.30. The molecular weight excluding hydrogens is 417 g/mol. The first kappa shape index (κ1) is 21.5. The summed E-state index contributed by atoms with van der Waals surface area (Å²) in [5.74, 6) is 0.809. The van der Waals surface area contributed by atoms with E-state index >= 15 is 4.39 Å². The molecule has 0 radical (unpaired) electrons. The van der Waals surface area contributed by atoms with Crippen LogP contribution in [0.2, 0.25) is 5.02 Å². The Morgan fingerprint density at radius 3 is 2.61 bits per heavy atom. The van der Waals surface area contributed by atoms with Crippen LogP contribution in [0.15, 0.2) is 24.4 Å². The van der Waals surface area contributed by atoms with Crippen LogP contribution >= 0.6 is 11.6 Å². The molecule has 0 amide bonds. The van der Waals surface area contributed by atoms with Crippen LogP contribution in [0, 0.1) is 19.7 Å². The van der Waals surface area contributed by atoms with Gasteiger partial charge < -0.3 is 10.6 Å². The summed E-state index contributed by atoms with van der Waals surface area (Å²) in [7, 11) is 0. The van der Waals surface area contributed by atoms with Crippen molar-refractivity contribution in [3.05, 3.63) is 52.1 Å². The minimum atomic E-state index is -0.351. The highest BCUT2D eigenvalue weighted by atomic mass is 35.5. The largest absolute Gasteiger partial charge is 0.382 e. The number of likely N-dealkylation sites (tertiary alicyclic amines) is 1. The fourth-order valence-corrected chi connectivity index (χ4v) is 4.27. The maximum absolute atomic E-state index is 15.5. The number of hydrogen-bond donors (Lipinski definition) is 2. The third kappa shape index (κ3) is 4.36. The number of nitrogens with one attached hydrogen (secondary N) is 1. The van der Waals surface area contributed by atoms with Gasteiger partial charge in [-0.15, -0.1) is 0 Å². The van der Waals surface area contributed by atoms with Crippen molar-refractivity contribution in [2.24, 2.45) is 0 Å². The number of H-pyrrole nitrogens is 1. The summed E-state index contributed by atoms with van der Waals surface area (Å²) in [5, 5.41) is 7.43. The number of piperidine rings is 1. The van der Waals surface area contributed by atoms with Gasteiger partial charge in [0.25, 0.3) is 0 Å². The third-order valence-corrected chi connectivity index (χ3v) is 6.22. The van der Waals surface area contributed by atoms with Crippen molar-refractivity contribution in [1.29, 1.82) is 0 Å². The predicted molar refractivity (Wildman–Crippen MR) is 122 cm³/mol. The fourth-order valence-electron chi connectivity index (χ4n) is 4.18. The molecule has 9 heteroatoms. The molecular formula is C22H27ClFN7. The zero-order chi connectivity index (χ0) is 22.1. The van der Waals surface area contributed by atoms with E-state index in [1.54, 1.807) is 17.0 Å². The maximum atomic E-state index is 15.5. The molecule has 2 aromatic heterocycles. The Morgan fingerprint density at radius 1 is 1.26 bits per heavy atom. The first-order chi connectivity index (χ1) is 14.9. The molecule has 3 aromatic rings. The predicted octanol–water partition coefficient (Wildman–Crippen LogP) is 4.86. The van der Waals surface area contributed by atoms with E-state index in [1.165, 1.54) is 6.20 Å². The number of nitrogens with zero attached hydrogens (tertiary/aromatic N) is 5. The van der Waals surface area contributed by atoms with E-state index < -0.39 is 0 Å². The van der Waals surface area contributed by atoms with Crippen molar-refractivity contribution in [3.8, 4) is 0 Å². The highest BCUT2D eigenvalue weighted by Gasteiger charge is 2.26. The number of nitrogens with two attached hydrogens (primary N) is 1. The van der Waals surface area contributed by atoms with Crippen LogP contribution in [0.25, 0.3) is 0 Å². The molecule has 7 nitrogen and oxygen atoms in total. The second kappa shape index (κ2) is 8.80. The normalized spacial score (nSPS) is 15.4. The zero-order valence-electron chi connectivity index (χ0n) is 18.0. The monoisotopic (exact) mass is 443 g/mol. The summed E-state index contributed by atoms with van der Waals surface area (Å²) in [6.07, 6.45) is 3.48. The van der Waals surface area contributed by atoms with Crippen LogP contribution in [0.3, 0.4) is 0 Å². The molecule has 0 aliphatic carbocycles. The molecule has 0 spiro atoms. The van der Waals surface area contributed by atoms with Gasteiger partial charge in [-0.05, 0) is 75.5 Å². The van der Waals surface area contributed by atoms with E-state index in [4.69, 9.17) is 17.3 Å². The van der Waals surface area contributed by atoms with Gasteiger partial charge in [0.15, 0.2) is 5.82 Å². The van der Waals surface area contributed by atoms with Gasteiger partial charge in [-0.3, -0.25) is 10.00 Å². The lowest BCUT2D eigenvalue weighted by Gasteiger charge is -2.32. The van der Waals surface area contributed by atoms with Crippen molar-refractivity contribution in [2.75, 3.05) is 30.3 Å². The number of aromatic amines is 1. The summed E-state index contributed by atoms with van der Waals surface area (Å²) in [4.78, 5) is 12.5. The molecule has 1 fully saturated rings. The second-order valence-electron chi connectivity index (χ2n) is 8.02. The van der Waals surface area contributed by atoms with Crippen LogP contribution in [-0.2, 0) is 0 Å². The topological polar surface area (TPSA) is 87.0 Å². The first-order valence-corrected chi connectivity index (χ1v) is 10.9. The van der Waals surface area contributed by atoms with Crippen LogP contribution < -0.4 is 10.6 Å². The SMILES string of the molecule is CCN1CCC(c2cc(F)c(N(c3cc(C)[nH]n3)c3ncc(Cl)c(N)n3)cc2C)CC1. The summed E-state index contributed by atoms with van der Waals surface area (Å²) < 4.78 is 15.5. The number of hydrogen-bond acceptors (Lipinski definition) is 6. The number of halogens is 2. The molecule has 1 aromatic carbocycles. The molecule has 3 N–H and O–H groups in total. The standard InChI is InChI=1S/C22H27ClFN7/c1-4-30-7-5-15(6-8-30)16-11-18(24)19(9-13(16)2)31(20-10-14(3)28-29-20)22-26-12-17(23)21(25)27-22/h9-12,15H,4-8H2,1-3H3,(H,28,29)(H2,25,26,27). The van der Waals surface area contributed by atoms with Crippen molar-refractivity contribution in [1.82, 2.24) is 25.1 Å². The van der Waals surface area contributed by atoms with Crippen molar-refractivity contribution in [2.45, 2.75) is 39.5 Å². The van der Waals surface area contributed by atoms with Crippen LogP contribution in [0.1, 0.15) is 42.5 Å². The van der Waals surface area contributed by atoms with E-state index in [-0.39, 0.29) is 22.6 Å². The molecule has 31 heavy (non-hydrogen) atoms. The summed E-state index contributed by atoms with van der Waals surface area (Å²) >= 11 is 6.00. The molecule has 1 aliphatic rings. The molecule has 1 aliphatic heterocycles. The maximum Gasteiger partial charge on any atom is 0.237 e. The molecule has 0 saturated carbocycles. The van der Waals surface area contributed by atoms with Crippen LogP contribution in [0.4, 0.5) is 27.7 Å². The van der Waals surface area contributed by atoms with Crippen LogP contribution in [-0.4, -0.2) is 44.7 Å². The van der Waals surface area contributed by atoms with Crippen LogP contribution in [0.5, 0.6) is 0 Å². The van der Waals surface area contributed by atoms with E-state index in [2.05, 4.69) is 32.0 Å². The minimum Gasteiger partial charge on any atom is -0.382 e. The summed E-state index contributed by atoms with van der Waals surface area (Å²) in [5.41, 5.74) is 9.14. The highest BCUT2D eigenvalue weighted by Crippen LogP contribution is 2.38. The van der Waals surface area contributed by atoms with Gasteiger partial charge in [0, 0.05) is 11.8 Å². The first-order valence-electron chi connectivity index (χ1n) is 10.5. The Labute approximate surface area is 186 Å². The van der Waals surface area contributed by atoms with Gasteiger partial charge in [-0.25, -0.2) is 9.37 Å². The number of aromatic nitrogens is 4. The molecule has 164 valence electrons. The molecule has 0 bridgehead atoms. The Bertz CT molecular complexity index is 1080. The minimum absolute atomic E-state index is 0.125. The van der Waals surface area contributed by atoms with E-state index in [0.717, 1.165) is 49.3 Å². The Hall–Kier alpha value is -2.71. The average Bonchev–Trinajstić information content (AvgIpc) is 3.19. The fraction of sp³-hybridized carbons (Fsp3) is 0.409. The lowest BCUT2D eigenvalue weighted by atomic mass is 9.86. The van der Waals surface area contributed by atoms with Gasteiger partial charge >= 0.3 is 0 Å². The zero-order valence-corrected chi connectivity index (χ0v) is 18.7. The van der Waals surface area contributed by atoms with Crippen molar-refractivity contribution < 1.29 is 4.39 Å². The Kier molecular flexibility index (Phi) is 6.11.